The molecule has 0 radical (unpaired) electrons. The Kier molecular flexibility index (Phi) is 5.74. The maximum atomic E-state index is 13.5. The number of rotatable bonds is 7. The summed E-state index contributed by atoms with van der Waals surface area (Å²) in [7, 11) is 0. The lowest BCUT2D eigenvalue weighted by atomic mass is 10.0. The van der Waals surface area contributed by atoms with Crippen molar-refractivity contribution in [2.24, 2.45) is 5.41 Å². The number of halogens is 4. The Bertz CT molecular complexity index is 1350. The van der Waals surface area contributed by atoms with Gasteiger partial charge in [0.05, 0.1) is 17.9 Å². The van der Waals surface area contributed by atoms with E-state index < -0.39 is 24.0 Å². The van der Waals surface area contributed by atoms with Crippen LogP contribution < -0.4 is 10.1 Å². The van der Waals surface area contributed by atoms with Crippen LogP contribution in [-0.4, -0.2) is 32.9 Å². The molecule has 1 fully saturated rings. The monoisotopic (exact) mass is 483 g/mol. The number of alkyl halides is 3. The maximum Gasteiger partial charge on any atom is 0.397 e. The Morgan fingerprint density at radius 2 is 1.74 bits per heavy atom. The molecular formula is C25H21F4N5O. The lowest BCUT2D eigenvalue weighted by molar-refractivity contribution is -0.194. The van der Waals surface area contributed by atoms with E-state index in [1.165, 1.54) is 18.5 Å². The molecule has 0 atom stereocenters. The van der Waals surface area contributed by atoms with Gasteiger partial charge < -0.3 is 10.1 Å². The smallest absolute Gasteiger partial charge is 0.397 e. The number of fused-ring (bicyclic) bond motifs is 1. The van der Waals surface area contributed by atoms with Gasteiger partial charge in [-0.25, -0.2) is 14.4 Å². The van der Waals surface area contributed by atoms with Crippen molar-refractivity contribution in [1.82, 2.24) is 20.2 Å². The third-order valence-corrected chi connectivity index (χ3v) is 6.13. The highest BCUT2D eigenvalue weighted by molar-refractivity contribution is 5.96. The number of anilines is 1. The molecule has 0 amide bonds. The first-order valence-electron chi connectivity index (χ1n) is 11.0. The molecule has 1 aliphatic rings. The van der Waals surface area contributed by atoms with E-state index in [0.29, 0.717) is 40.1 Å². The number of aryl methyl sites for hydroxylation is 1. The minimum absolute atomic E-state index is 0.0332. The molecule has 0 bridgehead atoms. The SMILES string of the molecule is Cc1ccc(CNc2ncnc3c(OCC4(C(F)(F)F)CC4)cc(-c4ccc(F)cc4)cc23)nn1. The van der Waals surface area contributed by atoms with Crippen molar-refractivity contribution in [2.45, 2.75) is 32.5 Å². The van der Waals surface area contributed by atoms with Crippen LogP contribution in [0.25, 0.3) is 22.0 Å². The van der Waals surface area contributed by atoms with Crippen LogP contribution in [0.2, 0.25) is 0 Å². The molecule has 0 unspecified atom stereocenters. The van der Waals surface area contributed by atoms with Gasteiger partial charge in [-0.2, -0.15) is 23.4 Å². The Morgan fingerprint density at radius 3 is 2.40 bits per heavy atom. The number of benzene rings is 2. The van der Waals surface area contributed by atoms with E-state index in [1.807, 2.05) is 19.1 Å². The number of nitrogens with one attached hydrogen (secondary N) is 1. The van der Waals surface area contributed by atoms with E-state index in [0.717, 1.165) is 5.69 Å². The van der Waals surface area contributed by atoms with Crippen LogP contribution in [0.5, 0.6) is 5.75 Å². The second-order valence-corrected chi connectivity index (χ2v) is 8.69. The van der Waals surface area contributed by atoms with Crippen molar-refractivity contribution in [3.63, 3.8) is 0 Å². The van der Waals surface area contributed by atoms with Gasteiger partial charge in [0.1, 0.15) is 41.3 Å². The van der Waals surface area contributed by atoms with Crippen molar-refractivity contribution in [3.8, 4) is 16.9 Å². The highest BCUT2D eigenvalue weighted by Gasteiger charge is 2.63. The fraction of sp³-hybridized carbons (Fsp3) is 0.280. The Morgan fingerprint density at radius 1 is 0.971 bits per heavy atom. The van der Waals surface area contributed by atoms with Crippen LogP contribution in [0.15, 0.2) is 54.9 Å². The normalized spacial score (nSPS) is 14.7. The topological polar surface area (TPSA) is 72.8 Å². The van der Waals surface area contributed by atoms with Crippen molar-refractivity contribution < 1.29 is 22.3 Å². The first-order valence-corrected chi connectivity index (χ1v) is 11.0. The summed E-state index contributed by atoms with van der Waals surface area (Å²) in [6.45, 7) is 1.67. The van der Waals surface area contributed by atoms with Gasteiger partial charge in [0.25, 0.3) is 0 Å². The number of hydrogen-bond donors (Lipinski definition) is 1. The van der Waals surface area contributed by atoms with Crippen LogP contribution in [0.3, 0.4) is 0 Å². The van der Waals surface area contributed by atoms with Crippen molar-refractivity contribution in [1.29, 1.82) is 0 Å². The zero-order valence-electron chi connectivity index (χ0n) is 18.7. The summed E-state index contributed by atoms with van der Waals surface area (Å²) < 4.78 is 59.7. The summed E-state index contributed by atoms with van der Waals surface area (Å²) in [5.74, 6) is 0.276. The number of ether oxygens (including phenoxy) is 1. The summed E-state index contributed by atoms with van der Waals surface area (Å²) in [6.07, 6.45) is -2.95. The van der Waals surface area contributed by atoms with Crippen LogP contribution in [0, 0.1) is 18.2 Å². The van der Waals surface area contributed by atoms with Crippen molar-refractivity contribution in [3.05, 3.63) is 72.1 Å². The zero-order valence-corrected chi connectivity index (χ0v) is 18.7. The molecule has 0 saturated heterocycles. The average Bonchev–Trinajstić information content (AvgIpc) is 3.64. The molecule has 2 aromatic heterocycles. The number of hydrogen-bond acceptors (Lipinski definition) is 6. The second kappa shape index (κ2) is 8.75. The Labute approximate surface area is 198 Å². The van der Waals surface area contributed by atoms with Crippen LogP contribution >= 0.6 is 0 Å². The van der Waals surface area contributed by atoms with E-state index in [2.05, 4.69) is 25.5 Å². The largest absolute Gasteiger partial charge is 0.490 e. The van der Waals surface area contributed by atoms with Crippen LogP contribution in [0.4, 0.5) is 23.4 Å². The predicted molar refractivity (Wildman–Crippen MR) is 122 cm³/mol. The van der Waals surface area contributed by atoms with E-state index in [9.17, 15) is 17.6 Å². The van der Waals surface area contributed by atoms with Gasteiger partial charge in [-0.05, 0) is 67.3 Å². The maximum absolute atomic E-state index is 13.5. The first kappa shape index (κ1) is 22.9. The fourth-order valence-corrected chi connectivity index (χ4v) is 3.77. The van der Waals surface area contributed by atoms with Gasteiger partial charge in [-0.3, -0.25) is 0 Å². The molecule has 1 aliphatic carbocycles. The molecule has 1 N–H and O–H groups in total. The highest BCUT2D eigenvalue weighted by Crippen LogP contribution is 2.57. The molecule has 2 heterocycles. The summed E-state index contributed by atoms with van der Waals surface area (Å²) in [4.78, 5) is 8.62. The Hall–Kier alpha value is -3.82. The zero-order chi connectivity index (χ0) is 24.6. The van der Waals surface area contributed by atoms with E-state index >= 15 is 0 Å². The number of aromatic nitrogens is 4. The fourth-order valence-electron chi connectivity index (χ4n) is 3.77. The van der Waals surface area contributed by atoms with Gasteiger partial charge >= 0.3 is 6.18 Å². The van der Waals surface area contributed by atoms with Crippen molar-refractivity contribution in [2.75, 3.05) is 11.9 Å². The molecule has 35 heavy (non-hydrogen) atoms. The standard InChI is InChI=1S/C25H21F4N5O/c1-15-2-7-19(34-33-15)12-30-23-20-10-17(16-3-5-18(26)6-4-16)11-21(22(20)31-14-32-23)35-13-24(8-9-24)25(27,28)29/h2-7,10-11,14H,8-9,12-13H2,1H3,(H,30,31,32). The summed E-state index contributed by atoms with van der Waals surface area (Å²) in [6, 6.07) is 12.9. The van der Waals surface area contributed by atoms with Gasteiger partial charge in [-0.15, -0.1) is 0 Å². The Balaban J connectivity index is 1.53. The van der Waals surface area contributed by atoms with Gasteiger partial charge in [0.15, 0.2) is 0 Å². The highest BCUT2D eigenvalue weighted by atomic mass is 19.4. The van der Waals surface area contributed by atoms with Crippen LogP contribution in [-0.2, 0) is 6.54 Å². The lowest BCUT2D eigenvalue weighted by Gasteiger charge is -2.20. The molecule has 2 aromatic carbocycles. The predicted octanol–water partition coefficient (Wildman–Crippen LogP) is 5.87. The van der Waals surface area contributed by atoms with Crippen LogP contribution in [0.1, 0.15) is 24.2 Å². The lowest BCUT2D eigenvalue weighted by Crippen LogP contribution is -2.30. The molecular weight excluding hydrogens is 462 g/mol. The summed E-state index contributed by atoms with van der Waals surface area (Å²) in [5.41, 5.74) is 1.34. The van der Waals surface area contributed by atoms with E-state index in [-0.39, 0.29) is 18.6 Å². The minimum atomic E-state index is -4.34. The molecule has 0 aliphatic heterocycles. The van der Waals surface area contributed by atoms with Gasteiger partial charge in [0.2, 0.25) is 0 Å². The summed E-state index contributed by atoms with van der Waals surface area (Å²) >= 11 is 0. The average molecular weight is 483 g/mol. The molecule has 10 heteroatoms. The molecule has 1 saturated carbocycles. The molecule has 5 rings (SSSR count). The number of nitrogens with zero attached hydrogens (tertiary/aromatic N) is 4. The van der Waals surface area contributed by atoms with Crippen molar-refractivity contribution >= 4 is 16.7 Å². The second-order valence-electron chi connectivity index (χ2n) is 8.69. The summed E-state index contributed by atoms with van der Waals surface area (Å²) in [5, 5.41) is 11.9. The van der Waals surface area contributed by atoms with E-state index in [4.69, 9.17) is 4.74 Å². The molecule has 6 nitrogen and oxygen atoms in total. The first-order chi connectivity index (χ1) is 16.7. The quantitative estimate of drug-likeness (QED) is 0.332. The van der Waals surface area contributed by atoms with Gasteiger partial charge in [0, 0.05) is 5.39 Å². The van der Waals surface area contributed by atoms with E-state index in [1.54, 1.807) is 24.3 Å². The molecule has 4 aromatic rings. The molecule has 0 spiro atoms. The molecule has 180 valence electrons. The third-order valence-electron chi connectivity index (χ3n) is 6.13. The third kappa shape index (κ3) is 4.73. The van der Waals surface area contributed by atoms with Gasteiger partial charge in [-0.1, -0.05) is 12.1 Å². The minimum Gasteiger partial charge on any atom is -0.490 e.